The quantitative estimate of drug-likeness (QED) is 0.797. The first-order chi connectivity index (χ1) is 9.58. The summed E-state index contributed by atoms with van der Waals surface area (Å²) in [4.78, 5) is 25.3. The molecule has 20 heavy (non-hydrogen) atoms. The predicted octanol–water partition coefficient (Wildman–Crippen LogP) is 1.31. The zero-order valence-electron chi connectivity index (χ0n) is 12.2. The van der Waals surface area contributed by atoms with E-state index in [-0.39, 0.29) is 18.0 Å². The highest BCUT2D eigenvalue weighted by Gasteiger charge is 2.49. The van der Waals surface area contributed by atoms with Gasteiger partial charge >= 0.3 is 12.0 Å². The van der Waals surface area contributed by atoms with E-state index in [1.807, 2.05) is 6.92 Å². The molecule has 114 valence electrons. The van der Waals surface area contributed by atoms with Gasteiger partial charge in [0.25, 0.3) is 0 Å². The van der Waals surface area contributed by atoms with Crippen LogP contribution in [-0.2, 0) is 9.53 Å². The van der Waals surface area contributed by atoms with Crippen molar-refractivity contribution in [2.45, 2.75) is 44.7 Å². The number of nitrogens with zero attached hydrogens (tertiary/aromatic N) is 1. The number of carboxylic acids is 1. The summed E-state index contributed by atoms with van der Waals surface area (Å²) >= 11 is 0. The molecule has 2 N–H and O–H groups in total. The molecular formula is C14H24N2O4. The van der Waals surface area contributed by atoms with Gasteiger partial charge in [-0.15, -0.1) is 0 Å². The summed E-state index contributed by atoms with van der Waals surface area (Å²) in [7, 11) is 1.59. The van der Waals surface area contributed by atoms with Gasteiger partial charge in [-0.3, -0.25) is 0 Å². The minimum atomic E-state index is -0.880. The zero-order valence-corrected chi connectivity index (χ0v) is 12.2. The van der Waals surface area contributed by atoms with Crippen molar-refractivity contribution in [3.63, 3.8) is 0 Å². The fourth-order valence-corrected chi connectivity index (χ4v) is 3.55. The molecule has 2 amide bonds. The van der Waals surface area contributed by atoms with Crippen LogP contribution in [0, 0.1) is 11.8 Å². The number of hydrogen-bond acceptors (Lipinski definition) is 3. The highest BCUT2D eigenvalue weighted by Crippen LogP contribution is 2.42. The minimum Gasteiger partial charge on any atom is -0.480 e. The van der Waals surface area contributed by atoms with Gasteiger partial charge in [-0.25, -0.2) is 9.59 Å². The average molecular weight is 284 g/mol. The summed E-state index contributed by atoms with van der Waals surface area (Å²) in [5, 5.41) is 12.3. The Balaban J connectivity index is 2.03. The smallest absolute Gasteiger partial charge is 0.326 e. The van der Waals surface area contributed by atoms with Gasteiger partial charge in [-0.05, 0) is 31.1 Å². The predicted molar refractivity (Wildman–Crippen MR) is 73.4 cm³/mol. The number of urea groups is 1. The normalized spacial score (nSPS) is 30.1. The fraction of sp³-hybridized carbons (Fsp3) is 0.857. The Hall–Kier alpha value is -1.30. The first-order valence-corrected chi connectivity index (χ1v) is 7.37. The van der Waals surface area contributed by atoms with Gasteiger partial charge in [0, 0.05) is 13.7 Å². The van der Waals surface area contributed by atoms with Gasteiger partial charge in [-0.1, -0.05) is 13.3 Å². The molecule has 4 atom stereocenters. The molecule has 0 aromatic heterocycles. The van der Waals surface area contributed by atoms with E-state index >= 15 is 0 Å². The molecule has 1 saturated heterocycles. The number of methoxy groups -OCH3 is 1. The number of aliphatic carboxylic acids is 1. The molecule has 1 saturated carbocycles. The lowest BCUT2D eigenvalue weighted by Gasteiger charge is -2.27. The van der Waals surface area contributed by atoms with E-state index in [2.05, 4.69) is 5.32 Å². The van der Waals surface area contributed by atoms with Gasteiger partial charge in [0.2, 0.25) is 0 Å². The summed E-state index contributed by atoms with van der Waals surface area (Å²) in [5.41, 5.74) is 0. The molecule has 1 heterocycles. The van der Waals surface area contributed by atoms with Gasteiger partial charge in [-0.2, -0.15) is 0 Å². The summed E-state index contributed by atoms with van der Waals surface area (Å²) in [6.45, 7) is 2.98. The van der Waals surface area contributed by atoms with Gasteiger partial charge in [0.1, 0.15) is 6.04 Å². The average Bonchev–Trinajstić information content (AvgIpc) is 2.97. The maximum absolute atomic E-state index is 12.3. The van der Waals surface area contributed by atoms with E-state index in [1.54, 1.807) is 7.11 Å². The number of rotatable bonds is 5. The number of carbonyl (C=O) groups excluding carboxylic acids is 1. The van der Waals surface area contributed by atoms with Crippen LogP contribution in [0.5, 0.6) is 0 Å². The van der Waals surface area contributed by atoms with Crippen molar-refractivity contribution in [3.05, 3.63) is 0 Å². The standard InChI is InChI=1S/C14H24N2O4/c1-3-10(8-20-2)15-14(19)16-7-9-5-4-6-11(9)12(16)13(17)18/h9-12H,3-8H2,1-2H3,(H,15,19)(H,17,18). The molecule has 4 unspecified atom stereocenters. The Morgan fingerprint density at radius 2 is 2.20 bits per heavy atom. The summed E-state index contributed by atoms with van der Waals surface area (Å²) < 4.78 is 5.06. The molecule has 6 nitrogen and oxygen atoms in total. The maximum Gasteiger partial charge on any atom is 0.326 e. The Morgan fingerprint density at radius 3 is 2.80 bits per heavy atom. The largest absolute Gasteiger partial charge is 0.480 e. The Kier molecular flexibility index (Phi) is 4.86. The molecule has 2 aliphatic rings. The van der Waals surface area contributed by atoms with E-state index in [0.717, 1.165) is 25.7 Å². The van der Waals surface area contributed by atoms with Gasteiger partial charge in [0.05, 0.1) is 12.6 Å². The summed E-state index contributed by atoms with van der Waals surface area (Å²) in [5.74, 6) is -0.403. The van der Waals surface area contributed by atoms with Crippen LogP contribution in [-0.4, -0.2) is 54.4 Å². The van der Waals surface area contributed by atoms with Crippen LogP contribution in [0.15, 0.2) is 0 Å². The lowest BCUT2D eigenvalue weighted by atomic mass is 9.94. The third kappa shape index (κ3) is 2.90. The van der Waals surface area contributed by atoms with Gasteiger partial charge in [0.15, 0.2) is 0 Å². The first-order valence-electron chi connectivity index (χ1n) is 7.37. The number of amides is 2. The number of carbonyl (C=O) groups is 2. The molecule has 1 aliphatic heterocycles. The van der Waals surface area contributed by atoms with Crippen LogP contribution < -0.4 is 5.32 Å². The van der Waals surface area contributed by atoms with Crippen molar-refractivity contribution in [2.24, 2.45) is 11.8 Å². The minimum absolute atomic E-state index is 0.0672. The number of nitrogens with one attached hydrogen (secondary N) is 1. The van der Waals surface area contributed by atoms with E-state index in [1.165, 1.54) is 4.90 Å². The topological polar surface area (TPSA) is 78.9 Å². The molecule has 0 bridgehead atoms. The van der Waals surface area contributed by atoms with Crippen LogP contribution in [0.2, 0.25) is 0 Å². The van der Waals surface area contributed by atoms with E-state index in [0.29, 0.717) is 19.1 Å². The monoisotopic (exact) mass is 284 g/mol. The van der Waals surface area contributed by atoms with E-state index < -0.39 is 12.0 Å². The van der Waals surface area contributed by atoms with E-state index in [9.17, 15) is 14.7 Å². The third-order valence-electron chi connectivity index (χ3n) is 4.59. The van der Waals surface area contributed by atoms with Crippen molar-refractivity contribution in [1.29, 1.82) is 0 Å². The molecular weight excluding hydrogens is 260 g/mol. The molecule has 0 radical (unpaired) electrons. The second-order valence-corrected chi connectivity index (χ2v) is 5.80. The number of ether oxygens (including phenoxy) is 1. The second kappa shape index (κ2) is 6.43. The van der Waals surface area contributed by atoms with Crippen LogP contribution >= 0.6 is 0 Å². The van der Waals surface area contributed by atoms with Crippen molar-refractivity contribution in [1.82, 2.24) is 10.2 Å². The Labute approximate surface area is 119 Å². The van der Waals surface area contributed by atoms with Crippen molar-refractivity contribution in [2.75, 3.05) is 20.3 Å². The number of likely N-dealkylation sites (tertiary alicyclic amines) is 1. The maximum atomic E-state index is 12.3. The molecule has 0 aromatic rings. The molecule has 0 aromatic carbocycles. The molecule has 0 spiro atoms. The number of fused-ring (bicyclic) bond motifs is 1. The number of carboxylic acid groups (broad SMARTS) is 1. The van der Waals surface area contributed by atoms with Crippen molar-refractivity contribution >= 4 is 12.0 Å². The lowest BCUT2D eigenvalue weighted by Crippen LogP contribution is -2.51. The SMILES string of the molecule is CCC(COC)NC(=O)N1CC2CCCC2C1C(=O)O. The van der Waals surface area contributed by atoms with Crippen LogP contribution in [0.4, 0.5) is 4.79 Å². The molecule has 1 aliphatic carbocycles. The van der Waals surface area contributed by atoms with Crippen LogP contribution in [0.3, 0.4) is 0 Å². The summed E-state index contributed by atoms with van der Waals surface area (Å²) in [6.07, 6.45) is 3.79. The highest BCUT2D eigenvalue weighted by molar-refractivity contribution is 5.84. The van der Waals surface area contributed by atoms with Gasteiger partial charge < -0.3 is 20.1 Å². The molecule has 2 rings (SSSR count). The third-order valence-corrected chi connectivity index (χ3v) is 4.59. The molecule has 6 heteroatoms. The summed E-state index contributed by atoms with van der Waals surface area (Å²) in [6, 6.07) is -0.999. The first kappa shape index (κ1) is 15.1. The van der Waals surface area contributed by atoms with Crippen LogP contribution in [0.25, 0.3) is 0 Å². The second-order valence-electron chi connectivity index (χ2n) is 5.80. The highest BCUT2D eigenvalue weighted by atomic mass is 16.5. The Morgan fingerprint density at radius 1 is 1.45 bits per heavy atom. The van der Waals surface area contributed by atoms with Crippen molar-refractivity contribution in [3.8, 4) is 0 Å². The fourth-order valence-electron chi connectivity index (χ4n) is 3.55. The Bertz CT molecular complexity index is 374. The molecule has 2 fully saturated rings. The lowest BCUT2D eigenvalue weighted by molar-refractivity contribution is -0.142. The van der Waals surface area contributed by atoms with E-state index in [4.69, 9.17) is 4.74 Å². The number of hydrogen-bond donors (Lipinski definition) is 2. The van der Waals surface area contributed by atoms with Crippen molar-refractivity contribution < 1.29 is 19.4 Å². The zero-order chi connectivity index (χ0) is 14.7. The van der Waals surface area contributed by atoms with Crippen LogP contribution in [0.1, 0.15) is 32.6 Å².